The number of likely N-dealkylation sites (N-methyl/N-ethyl adjacent to an activating group) is 1. The number of rotatable bonds is 3. The molecule has 0 spiro atoms. The molecule has 1 saturated heterocycles. The van der Waals surface area contributed by atoms with Crippen molar-refractivity contribution in [3.8, 4) is 17.2 Å². The number of piperidine rings is 1. The van der Waals surface area contributed by atoms with Gasteiger partial charge in [0.25, 0.3) is 0 Å². The molecule has 0 aliphatic carbocycles. The summed E-state index contributed by atoms with van der Waals surface area (Å²) < 4.78 is 0. The second-order valence-electron chi connectivity index (χ2n) is 10.3. The summed E-state index contributed by atoms with van der Waals surface area (Å²) in [6, 6.07) is 17.9. The highest BCUT2D eigenvalue weighted by Gasteiger charge is 2.49. The van der Waals surface area contributed by atoms with Crippen LogP contribution in [0.2, 0.25) is 5.02 Å². The monoisotopic (exact) mass is 489 g/mol. The lowest BCUT2D eigenvalue weighted by molar-refractivity contribution is -0.131. The molecule has 3 aromatic rings. The molecular weight excluding hydrogens is 462 g/mol. The van der Waals surface area contributed by atoms with Gasteiger partial charge in [-0.3, -0.25) is 10.2 Å². The van der Waals surface area contributed by atoms with Gasteiger partial charge < -0.3 is 4.90 Å². The van der Waals surface area contributed by atoms with Gasteiger partial charge in [-0.2, -0.15) is 5.26 Å². The van der Waals surface area contributed by atoms with Gasteiger partial charge in [-0.05, 0) is 57.3 Å². The van der Waals surface area contributed by atoms with Crippen LogP contribution < -0.4 is 0 Å². The van der Waals surface area contributed by atoms with Crippen LogP contribution in [0.25, 0.3) is 11.1 Å². The number of thiophene rings is 1. The summed E-state index contributed by atoms with van der Waals surface area (Å²) in [7, 11) is 1.69. The highest BCUT2D eigenvalue weighted by atomic mass is 35.5. The zero-order valence-corrected chi connectivity index (χ0v) is 21.6. The first kappa shape index (κ1) is 24.2. The van der Waals surface area contributed by atoms with E-state index in [1.807, 2.05) is 17.5 Å². The fourth-order valence-corrected chi connectivity index (χ4v) is 6.04. The summed E-state index contributed by atoms with van der Waals surface area (Å²) in [5.41, 5.74) is 3.98. The Kier molecular flexibility index (Phi) is 6.18. The number of nitrogens with zero attached hydrogens (tertiary/aromatic N) is 2. The van der Waals surface area contributed by atoms with E-state index in [0.717, 1.165) is 21.6 Å². The minimum Gasteiger partial charge on any atom is -0.303 e. The van der Waals surface area contributed by atoms with Crippen LogP contribution in [0.4, 0.5) is 0 Å². The number of nitriles is 1. The van der Waals surface area contributed by atoms with Crippen molar-refractivity contribution in [1.82, 2.24) is 4.90 Å². The van der Waals surface area contributed by atoms with Gasteiger partial charge in [0.15, 0.2) is 0 Å². The van der Waals surface area contributed by atoms with E-state index >= 15 is 0 Å². The van der Waals surface area contributed by atoms with Crippen molar-refractivity contribution in [3.63, 3.8) is 0 Å². The van der Waals surface area contributed by atoms with Crippen LogP contribution in [0, 0.1) is 16.7 Å². The largest absolute Gasteiger partial charge is 0.303 e. The van der Waals surface area contributed by atoms with Gasteiger partial charge in [0, 0.05) is 28.8 Å². The lowest BCUT2D eigenvalue weighted by Crippen LogP contribution is -2.51. The number of carbonyl (C=O) groups is 1. The van der Waals surface area contributed by atoms with E-state index in [9.17, 15) is 10.1 Å². The fraction of sp³-hybridized carbons (Fsp3) is 0.321. The minimum atomic E-state index is -0.566. The second kappa shape index (κ2) is 8.69. The minimum absolute atomic E-state index is 0.0270. The number of amidine groups is 1. The smallest absolute Gasteiger partial charge is 0.236 e. The molecule has 1 N–H and O–H groups in total. The highest BCUT2D eigenvalue weighted by molar-refractivity contribution is 7.10. The molecule has 0 saturated carbocycles. The average Bonchev–Trinajstić information content (AvgIpc) is 3.28. The topological polar surface area (TPSA) is 68.0 Å². The quantitative estimate of drug-likeness (QED) is 0.425. The number of hydrogen-bond donors (Lipinski definition) is 1. The number of amides is 1. The average molecular weight is 490 g/mol. The number of carbonyl (C=O) groups excluding carboxylic acids is 1. The molecule has 1 fully saturated rings. The number of hydrogen-bond acceptors (Lipinski definition) is 4. The molecule has 1 unspecified atom stereocenters. The van der Waals surface area contributed by atoms with Crippen LogP contribution >= 0.6 is 22.9 Å². The number of halogens is 1. The maximum Gasteiger partial charge on any atom is 0.236 e. The van der Waals surface area contributed by atoms with E-state index < -0.39 is 11.3 Å². The van der Waals surface area contributed by atoms with Gasteiger partial charge in [0.05, 0.1) is 17.6 Å². The Hall–Kier alpha value is -2.94. The first-order chi connectivity index (χ1) is 15.9. The van der Waals surface area contributed by atoms with Gasteiger partial charge in [-0.25, -0.2) is 0 Å². The third-order valence-corrected chi connectivity index (χ3v) is 8.21. The summed E-state index contributed by atoms with van der Waals surface area (Å²) in [6.07, 6.45) is 0.458. The molecule has 4 rings (SSSR count). The Morgan fingerprint density at radius 3 is 2.44 bits per heavy atom. The predicted molar refractivity (Wildman–Crippen MR) is 140 cm³/mol. The molecule has 0 bridgehead atoms. The van der Waals surface area contributed by atoms with Crippen molar-refractivity contribution >= 4 is 34.7 Å². The molecule has 1 aliphatic heterocycles. The van der Waals surface area contributed by atoms with E-state index in [1.165, 1.54) is 10.5 Å². The van der Waals surface area contributed by atoms with Gasteiger partial charge >= 0.3 is 0 Å². The molecule has 34 heavy (non-hydrogen) atoms. The van der Waals surface area contributed by atoms with Gasteiger partial charge in [-0.1, -0.05) is 63.6 Å². The van der Waals surface area contributed by atoms with E-state index in [0.29, 0.717) is 22.8 Å². The third-order valence-electron chi connectivity index (χ3n) is 6.79. The summed E-state index contributed by atoms with van der Waals surface area (Å²) in [5, 5.41) is 20.4. The molecule has 2 heterocycles. The van der Waals surface area contributed by atoms with Crippen molar-refractivity contribution < 1.29 is 4.79 Å². The summed E-state index contributed by atoms with van der Waals surface area (Å²) in [6.45, 7) is 8.61. The Morgan fingerprint density at radius 1 is 1.15 bits per heavy atom. The second-order valence-corrected chi connectivity index (χ2v) is 11.6. The molecule has 4 nitrogen and oxygen atoms in total. The van der Waals surface area contributed by atoms with E-state index in [2.05, 4.69) is 64.1 Å². The van der Waals surface area contributed by atoms with Crippen molar-refractivity contribution in [2.75, 3.05) is 7.05 Å². The normalized spacial score (nSPS) is 21.0. The highest BCUT2D eigenvalue weighted by Crippen LogP contribution is 2.49. The Bertz CT molecular complexity index is 1310. The predicted octanol–water partition coefficient (Wildman–Crippen LogP) is 7.12. The van der Waals surface area contributed by atoms with E-state index in [4.69, 9.17) is 17.0 Å². The maximum absolute atomic E-state index is 13.5. The number of likely N-dealkylation sites (tertiary alicyclic amines) is 1. The molecule has 0 radical (unpaired) electrons. The van der Waals surface area contributed by atoms with Crippen molar-refractivity contribution in [1.29, 1.82) is 10.7 Å². The maximum atomic E-state index is 13.5. The molecule has 1 aliphatic rings. The van der Waals surface area contributed by atoms with Crippen molar-refractivity contribution in [2.24, 2.45) is 0 Å². The van der Waals surface area contributed by atoms with Gasteiger partial charge in [0.1, 0.15) is 5.84 Å². The molecule has 1 amide bonds. The Labute approximate surface area is 210 Å². The first-order valence-corrected chi connectivity index (χ1v) is 12.5. The molecule has 6 heteroatoms. The summed E-state index contributed by atoms with van der Waals surface area (Å²) in [4.78, 5) is 16.1. The summed E-state index contributed by atoms with van der Waals surface area (Å²) >= 11 is 7.82. The summed E-state index contributed by atoms with van der Waals surface area (Å²) in [5.74, 6) is -0.146. The fourth-order valence-electron chi connectivity index (χ4n) is 4.69. The lowest BCUT2D eigenvalue weighted by Gasteiger charge is -2.44. The first-order valence-electron chi connectivity index (χ1n) is 11.2. The van der Waals surface area contributed by atoms with Crippen molar-refractivity contribution in [2.45, 2.75) is 50.9 Å². The van der Waals surface area contributed by atoms with Gasteiger partial charge in [-0.15, -0.1) is 11.3 Å². The molecule has 2 aromatic carbocycles. The number of benzene rings is 2. The molecule has 1 aromatic heterocycles. The molecule has 174 valence electrons. The van der Waals surface area contributed by atoms with Crippen LogP contribution in [-0.4, -0.2) is 23.7 Å². The SMILES string of the molecule is CN1C(=N)C[C@](C)(c2cc(-c3cc(Cl)cc(C#N)c3)cs2)C(c2ccc(C(C)(C)C)cc2)C1=O. The molecular formula is C28H28ClN3OS. The standard InChI is InChI=1S/C28H28ClN3OS/c1-27(2,3)21-8-6-18(7-9-21)25-26(33)32(5)24(31)14-28(25,4)23-13-20(16-34-23)19-10-17(15-30)11-22(29)12-19/h6-13,16,25,31H,14H2,1-5H3/t25?,28-/m1/s1. The molecule has 2 atom stereocenters. The lowest BCUT2D eigenvalue weighted by atomic mass is 9.66. The van der Waals surface area contributed by atoms with Crippen LogP contribution in [-0.2, 0) is 15.6 Å². The zero-order chi connectivity index (χ0) is 24.8. The van der Waals surface area contributed by atoms with Crippen LogP contribution in [0.15, 0.2) is 53.9 Å². The third kappa shape index (κ3) is 4.29. The number of nitrogens with one attached hydrogen (secondary N) is 1. The van der Waals surface area contributed by atoms with Crippen LogP contribution in [0.1, 0.15) is 61.6 Å². The van der Waals surface area contributed by atoms with Crippen LogP contribution in [0.5, 0.6) is 0 Å². The Balaban J connectivity index is 1.80. The van der Waals surface area contributed by atoms with Gasteiger partial charge in [0.2, 0.25) is 5.91 Å². The van der Waals surface area contributed by atoms with Crippen molar-refractivity contribution in [3.05, 3.63) is 80.5 Å². The van der Waals surface area contributed by atoms with E-state index in [1.54, 1.807) is 24.5 Å². The van der Waals surface area contributed by atoms with E-state index in [-0.39, 0.29) is 11.3 Å². The van der Waals surface area contributed by atoms with Crippen LogP contribution in [0.3, 0.4) is 0 Å². The zero-order valence-electron chi connectivity index (χ0n) is 20.1. The Morgan fingerprint density at radius 2 is 1.82 bits per heavy atom.